The molecule has 1 saturated carbocycles. The summed E-state index contributed by atoms with van der Waals surface area (Å²) >= 11 is 0. The van der Waals surface area contributed by atoms with Crippen LogP contribution in [0.4, 0.5) is 0 Å². The van der Waals surface area contributed by atoms with Crippen molar-refractivity contribution in [2.75, 3.05) is 13.2 Å². The lowest BCUT2D eigenvalue weighted by molar-refractivity contribution is -0.125. The number of hydrogen-bond donors (Lipinski definition) is 1. The van der Waals surface area contributed by atoms with Crippen molar-refractivity contribution in [3.63, 3.8) is 0 Å². The van der Waals surface area contributed by atoms with Crippen LogP contribution in [0, 0.1) is 5.92 Å². The van der Waals surface area contributed by atoms with Crippen molar-refractivity contribution >= 4 is 11.6 Å². The van der Waals surface area contributed by atoms with Crippen LogP contribution in [0.5, 0.6) is 11.5 Å². The van der Waals surface area contributed by atoms with Gasteiger partial charge in [0.1, 0.15) is 13.2 Å². The summed E-state index contributed by atoms with van der Waals surface area (Å²) in [4.78, 5) is 12.1. The summed E-state index contributed by atoms with van der Waals surface area (Å²) in [5.74, 6) is 1.65. The summed E-state index contributed by atoms with van der Waals surface area (Å²) in [5.41, 5.74) is 4.40. The van der Waals surface area contributed by atoms with Crippen molar-refractivity contribution in [2.24, 2.45) is 11.0 Å². The van der Waals surface area contributed by atoms with Gasteiger partial charge in [0.25, 0.3) is 0 Å². The number of nitrogens with one attached hydrogen (secondary N) is 1. The second-order valence-corrected chi connectivity index (χ2v) is 5.87. The van der Waals surface area contributed by atoms with E-state index in [4.69, 9.17) is 9.47 Å². The van der Waals surface area contributed by atoms with E-state index in [1.54, 1.807) is 0 Å². The zero-order chi connectivity index (χ0) is 15.4. The van der Waals surface area contributed by atoms with E-state index >= 15 is 0 Å². The average Bonchev–Trinajstić information content (AvgIpc) is 2.59. The first kappa shape index (κ1) is 14.9. The van der Waals surface area contributed by atoms with Gasteiger partial charge in [-0.25, -0.2) is 5.43 Å². The van der Waals surface area contributed by atoms with E-state index < -0.39 is 0 Å². The summed E-state index contributed by atoms with van der Waals surface area (Å²) in [5, 5.41) is 4.24. The largest absolute Gasteiger partial charge is 0.486 e. The highest BCUT2D eigenvalue weighted by molar-refractivity contribution is 5.99. The first-order valence-electron chi connectivity index (χ1n) is 7.98. The molecule has 1 heterocycles. The quantitative estimate of drug-likeness (QED) is 0.690. The molecule has 0 radical (unpaired) electrons. The molecule has 2 aliphatic rings. The molecule has 1 aliphatic carbocycles. The lowest BCUT2D eigenvalue weighted by Crippen LogP contribution is -2.29. The predicted molar refractivity (Wildman–Crippen MR) is 84.4 cm³/mol. The van der Waals surface area contributed by atoms with Gasteiger partial charge in [-0.3, -0.25) is 4.79 Å². The number of hydrazone groups is 1. The monoisotopic (exact) mass is 302 g/mol. The maximum atomic E-state index is 12.1. The topological polar surface area (TPSA) is 59.9 Å². The molecular formula is C17H22N2O3. The van der Waals surface area contributed by atoms with Gasteiger partial charge in [-0.15, -0.1) is 0 Å². The minimum atomic E-state index is 0.0385. The van der Waals surface area contributed by atoms with Crippen molar-refractivity contribution < 1.29 is 14.3 Å². The van der Waals surface area contributed by atoms with Gasteiger partial charge in [0.05, 0.1) is 5.71 Å². The molecule has 5 nitrogen and oxygen atoms in total. The van der Waals surface area contributed by atoms with Crippen molar-refractivity contribution in [1.82, 2.24) is 5.43 Å². The number of hydrogen-bond acceptors (Lipinski definition) is 4. The van der Waals surface area contributed by atoms with E-state index in [9.17, 15) is 4.79 Å². The third-order valence-electron chi connectivity index (χ3n) is 4.27. The Labute approximate surface area is 130 Å². The van der Waals surface area contributed by atoms with E-state index in [1.165, 1.54) is 6.42 Å². The number of benzene rings is 1. The molecular weight excluding hydrogens is 280 g/mol. The molecule has 3 rings (SSSR count). The van der Waals surface area contributed by atoms with Crippen LogP contribution in [0.2, 0.25) is 0 Å². The van der Waals surface area contributed by atoms with Crippen molar-refractivity contribution in [2.45, 2.75) is 39.0 Å². The van der Waals surface area contributed by atoms with Gasteiger partial charge in [-0.1, -0.05) is 19.3 Å². The zero-order valence-corrected chi connectivity index (χ0v) is 12.9. The fourth-order valence-corrected chi connectivity index (χ4v) is 2.93. The standard InChI is InChI=1S/C17H22N2O3/c1-12(18-19-17(20)13-5-3-2-4-6-13)14-7-8-15-16(11-14)22-10-9-21-15/h7-8,11,13H,2-6,9-10H2,1H3,(H,19,20)/b18-12-. The molecule has 118 valence electrons. The summed E-state index contributed by atoms with van der Waals surface area (Å²) < 4.78 is 11.1. The molecule has 1 fully saturated rings. The summed E-state index contributed by atoms with van der Waals surface area (Å²) in [7, 11) is 0. The van der Waals surface area contributed by atoms with Gasteiger partial charge < -0.3 is 9.47 Å². The van der Waals surface area contributed by atoms with Crippen molar-refractivity contribution in [3.05, 3.63) is 23.8 Å². The first-order chi connectivity index (χ1) is 10.7. The minimum absolute atomic E-state index is 0.0385. The van der Waals surface area contributed by atoms with Gasteiger partial charge >= 0.3 is 0 Å². The molecule has 0 spiro atoms. The maximum Gasteiger partial charge on any atom is 0.243 e. The summed E-state index contributed by atoms with van der Waals surface area (Å²) in [6.07, 6.45) is 5.48. The Hall–Kier alpha value is -2.04. The maximum absolute atomic E-state index is 12.1. The number of amides is 1. The van der Waals surface area contributed by atoms with Crippen LogP contribution in [0.3, 0.4) is 0 Å². The SMILES string of the molecule is C/C(=N/NC(=O)C1CCCCC1)c1ccc2c(c1)OCCO2. The van der Waals surface area contributed by atoms with Gasteiger partial charge in [0.2, 0.25) is 5.91 Å². The third kappa shape index (κ3) is 3.40. The molecule has 0 aromatic heterocycles. The number of nitrogens with zero attached hydrogens (tertiary/aromatic N) is 1. The molecule has 1 N–H and O–H groups in total. The van der Waals surface area contributed by atoms with E-state index in [0.29, 0.717) is 13.2 Å². The van der Waals surface area contributed by atoms with Crippen LogP contribution in [0.1, 0.15) is 44.6 Å². The molecule has 22 heavy (non-hydrogen) atoms. The highest BCUT2D eigenvalue weighted by atomic mass is 16.6. The Morgan fingerprint density at radius 3 is 2.64 bits per heavy atom. The Morgan fingerprint density at radius 1 is 1.14 bits per heavy atom. The fraction of sp³-hybridized carbons (Fsp3) is 0.529. The van der Waals surface area contributed by atoms with Crippen LogP contribution in [-0.2, 0) is 4.79 Å². The number of fused-ring (bicyclic) bond motifs is 1. The molecule has 0 unspecified atom stereocenters. The predicted octanol–water partition coefficient (Wildman–Crippen LogP) is 2.88. The van der Waals surface area contributed by atoms with Gasteiger partial charge in [0, 0.05) is 11.5 Å². The van der Waals surface area contributed by atoms with Gasteiger partial charge in [-0.05, 0) is 38.0 Å². The lowest BCUT2D eigenvalue weighted by atomic mass is 9.89. The third-order valence-corrected chi connectivity index (χ3v) is 4.27. The van der Waals surface area contributed by atoms with Crippen molar-refractivity contribution in [1.29, 1.82) is 0 Å². The van der Waals surface area contributed by atoms with Gasteiger partial charge in [-0.2, -0.15) is 5.10 Å². The van der Waals surface area contributed by atoms with Crippen molar-refractivity contribution in [3.8, 4) is 11.5 Å². The van der Waals surface area contributed by atoms with Crippen LogP contribution < -0.4 is 14.9 Å². The Morgan fingerprint density at radius 2 is 1.86 bits per heavy atom. The molecule has 0 bridgehead atoms. The Bertz CT molecular complexity index is 577. The molecule has 1 aliphatic heterocycles. The molecule has 0 saturated heterocycles. The average molecular weight is 302 g/mol. The number of carbonyl (C=O) groups is 1. The van der Waals surface area contributed by atoms with Crippen LogP contribution >= 0.6 is 0 Å². The normalized spacial score (nSPS) is 18.9. The highest BCUT2D eigenvalue weighted by Crippen LogP contribution is 2.31. The zero-order valence-electron chi connectivity index (χ0n) is 12.9. The second-order valence-electron chi connectivity index (χ2n) is 5.87. The van der Waals surface area contributed by atoms with E-state index in [2.05, 4.69) is 10.5 Å². The van der Waals surface area contributed by atoms with Gasteiger partial charge in [0.15, 0.2) is 11.5 Å². The lowest BCUT2D eigenvalue weighted by Gasteiger charge is -2.20. The number of carbonyl (C=O) groups excluding carboxylic acids is 1. The van der Waals surface area contributed by atoms with E-state index in [1.807, 2.05) is 25.1 Å². The van der Waals surface area contributed by atoms with Crippen LogP contribution in [0.15, 0.2) is 23.3 Å². The Balaban J connectivity index is 1.65. The van der Waals surface area contributed by atoms with Crippen LogP contribution in [0.25, 0.3) is 0 Å². The molecule has 1 aromatic rings. The highest BCUT2D eigenvalue weighted by Gasteiger charge is 2.20. The number of rotatable bonds is 3. The minimum Gasteiger partial charge on any atom is -0.486 e. The number of ether oxygens (including phenoxy) is 2. The fourth-order valence-electron chi connectivity index (χ4n) is 2.93. The molecule has 5 heteroatoms. The molecule has 1 amide bonds. The first-order valence-corrected chi connectivity index (χ1v) is 7.98. The molecule has 0 atom stereocenters. The van der Waals surface area contributed by atoms with Crippen LogP contribution in [-0.4, -0.2) is 24.8 Å². The molecule has 1 aromatic carbocycles. The smallest absolute Gasteiger partial charge is 0.243 e. The summed E-state index contributed by atoms with van der Waals surface area (Å²) in [6.45, 7) is 3.02. The van der Waals surface area contributed by atoms with E-state index in [0.717, 1.165) is 48.5 Å². The Kier molecular flexibility index (Phi) is 4.61. The second kappa shape index (κ2) is 6.81. The summed E-state index contributed by atoms with van der Waals surface area (Å²) in [6, 6.07) is 5.71. The van der Waals surface area contributed by atoms with E-state index in [-0.39, 0.29) is 11.8 Å².